The highest BCUT2D eigenvalue weighted by Crippen LogP contribution is 2.31. The van der Waals surface area contributed by atoms with E-state index in [4.69, 9.17) is 22.2 Å². The van der Waals surface area contributed by atoms with Gasteiger partial charge in [-0.3, -0.25) is 20.3 Å². The van der Waals surface area contributed by atoms with E-state index in [1.165, 1.54) is 29.5 Å². The Morgan fingerprint density at radius 2 is 2.24 bits per heavy atom. The van der Waals surface area contributed by atoms with Crippen LogP contribution in [0.2, 0.25) is 5.02 Å². The molecule has 1 aromatic heterocycles. The van der Waals surface area contributed by atoms with Crippen molar-refractivity contribution in [1.29, 1.82) is 0 Å². The van der Waals surface area contributed by atoms with Gasteiger partial charge in [0.05, 0.1) is 9.80 Å². The second kappa shape index (κ2) is 6.53. The molecule has 0 bridgehead atoms. The Morgan fingerprint density at radius 3 is 2.90 bits per heavy atom. The minimum absolute atomic E-state index is 0.00651. The summed E-state index contributed by atoms with van der Waals surface area (Å²) in [6, 6.07) is 5.71. The average Bonchev–Trinajstić information content (AvgIpc) is 2.92. The number of nitrogens with zero attached hydrogens (tertiary/aromatic N) is 1. The highest BCUT2D eigenvalue weighted by molar-refractivity contribution is 7.12. The van der Waals surface area contributed by atoms with E-state index in [1.54, 1.807) is 11.4 Å². The largest absolute Gasteiger partial charge is 0.482 e. The number of amides is 1. The lowest BCUT2D eigenvalue weighted by molar-refractivity contribution is -0.385. The molecule has 0 aliphatic heterocycles. The summed E-state index contributed by atoms with van der Waals surface area (Å²) in [5, 5.41) is 12.9. The molecule has 0 spiro atoms. The van der Waals surface area contributed by atoms with Crippen LogP contribution in [0.1, 0.15) is 15.2 Å². The van der Waals surface area contributed by atoms with E-state index >= 15 is 0 Å². The molecule has 1 aromatic carbocycles. The Hall–Kier alpha value is -2.16. The van der Waals surface area contributed by atoms with Crippen molar-refractivity contribution in [1.82, 2.24) is 5.43 Å². The zero-order valence-corrected chi connectivity index (χ0v) is 12.1. The van der Waals surface area contributed by atoms with E-state index < -0.39 is 10.8 Å². The number of hydrogen-bond donors (Lipinski definition) is 2. The molecule has 0 aliphatic carbocycles. The Kier molecular flexibility index (Phi) is 4.73. The first-order valence-electron chi connectivity index (χ1n) is 5.67. The van der Waals surface area contributed by atoms with Crippen LogP contribution >= 0.6 is 22.9 Å². The molecule has 1 amide bonds. The van der Waals surface area contributed by atoms with Crippen molar-refractivity contribution in [3.63, 3.8) is 0 Å². The summed E-state index contributed by atoms with van der Waals surface area (Å²) in [6.07, 6.45) is 0. The van der Waals surface area contributed by atoms with Gasteiger partial charge in [-0.05, 0) is 17.5 Å². The number of hydrogen-bond acceptors (Lipinski definition) is 6. The van der Waals surface area contributed by atoms with Crippen molar-refractivity contribution in [3.8, 4) is 5.75 Å². The number of rotatable bonds is 5. The van der Waals surface area contributed by atoms with Crippen LogP contribution < -0.4 is 16.0 Å². The van der Waals surface area contributed by atoms with Crippen LogP contribution in [0.3, 0.4) is 0 Å². The number of nitrogens with one attached hydrogen (secondary N) is 1. The molecule has 0 fully saturated rings. The second-order valence-corrected chi connectivity index (χ2v) is 5.26. The third-order valence-electron chi connectivity index (χ3n) is 2.59. The predicted molar refractivity (Wildman–Crippen MR) is 78.4 cm³/mol. The number of thiophene rings is 1. The van der Waals surface area contributed by atoms with Crippen LogP contribution in [0, 0.1) is 10.1 Å². The summed E-state index contributed by atoms with van der Waals surface area (Å²) < 4.78 is 5.42. The number of carbonyl (C=O) groups is 1. The molecule has 0 atom stereocenters. The molecule has 0 radical (unpaired) electrons. The molecular formula is C12H10ClN3O4S. The maximum absolute atomic E-state index is 11.5. The first-order chi connectivity index (χ1) is 10.0. The fraction of sp³-hybridized carbons (Fsp3) is 0.0833. The van der Waals surface area contributed by atoms with Gasteiger partial charge < -0.3 is 4.74 Å². The minimum atomic E-state index is -0.563. The quantitative estimate of drug-likeness (QED) is 0.379. The second-order valence-electron chi connectivity index (χ2n) is 3.91. The molecule has 2 rings (SSSR count). The molecule has 0 saturated heterocycles. The van der Waals surface area contributed by atoms with Gasteiger partial charge in [0.15, 0.2) is 5.75 Å². The number of nitrogens with two attached hydrogens (primary N) is 1. The highest BCUT2D eigenvalue weighted by Gasteiger charge is 2.17. The molecule has 110 valence electrons. The Balaban J connectivity index is 2.21. The van der Waals surface area contributed by atoms with Crippen molar-refractivity contribution in [2.24, 2.45) is 5.84 Å². The molecule has 9 heteroatoms. The third kappa shape index (κ3) is 3.48. The molecule has 3 N–H and O–H groups in total. The van der Waals surface area contributed by atoms with Crippen LogP contribution in [0.4, 0.5) is 5.69 Å². The molecule has 1 heterocycles. The van der Waals surface area contributed by atoms with E-state index in [0.717, 1.165) is 0 Å². The van der Waals surface area contributed by atoms with Gasteiger partial charge in [0, 0.05) is 22.7 Å². The molecule has 21 heavy (non-hydrogen) atoms. The number of hydrazine groups is 1. The maximum atomic E-state index is 11.5. The molecule has 2 aromatic rings. The standard InChI is InChI=1S/C12H10ClN3O4S/c13-8-1-2-9(16(18)19)10(5-8)20-6-7-3-4-21-11(7)12(17)15-14/h1-5H,6,14H2,(H,15,17). The Bertz CT molecular complexity index is 689. The summed E-state index contributed by atoms with van der Waals surface area (Å²) in [5.41, 5.74) is 2.42. The summed E-state index contributed by atoms with van der Waals surface area (Å²) in [6.45, 7) is -0.00651. The maximum Gasteiger partial charge on any atom is 0.311 e. The normalized spacial score (nSPS) is 10.2. The van der Waals surface area contributed by atoms with Gasteiger partial charge in [0.25, 0.3) is 5.91 Å². The number of nitro groups is 1. The van der Waals surface area contributed by atoms with Crippen LogP contribution in [0.25, 0.3) is 0 Å². The number of nitrogen functional groups attached to an aromatic ring is 1. The molecule has 0 saturated carbocycles. The molecule has 0 aliphatic rings. The predicted octanol–water partition coefficient (Wildman–Crippen LogP) is 2.49. The van der Waals surface area contributed by atoms with Gasteiger partial charge in [-0.15, -0.1) is 11.3 Å². The smallest absolute Gasteiger partial charge is 0.311 e. The van der Waals surface area contributed by atoms with Crippen LogP contribution in [0.15, 0.2) is 29.6 Å². The SMILES string of the molecule is NNC(=O)c1sccc1COc1cc(Cl)ccc1[N+](=O)[O-]. The highest BCUT2D eigenvalue weighted by atomic mass is 35.5. The summed E-state index contributed by atoms with van der Waals surface area (Å²) in [5.74, 6) is 4.68. The van der Waals surface area contributed by atoms with Gasteiger partial charge >= 0.3 is 5.69 Å². The Morgan fingerprint density at radius 1 is 1.48 bits per heavy atom. The van der Waals surface area contributed by atoms with Gasteiger partial charge in [-0.1, -0.05) is 11.6 Å². The summed E-state index contributed by atoms with van der Waals surface area (Å²) >= 11 is 7.00. The van der Waals surface area contributed by atoms with Crippen molar-refractivity contribution >= 4 is 34.5 Å². The molecular weight excluding hydrogens is 318 g/mol. The van der Waals surface area contributed by atoms with Crippen molar-refractivity contribution < 1.29 is 14.5 Å². The van der Waals surface area contributed by atoms with Gasteiger partial charge in [0.2, 0.25) is 0 Å². The van der Waals surface area contributed by atoms with Crippen LogP contribution in [-0.2, 0) is 6.61 Å². The van der Waals surface area contributed by atoms with Gasteiger partial charge in [-0.2, -0.15) is 0 Å². The zero-order chi connectivity index (χ0) is 15.4. The third-order valence-corrected chi connectivity index (χ3v) is 3.78. The first kappa shape index (κ1) is 15.2. The van der Waals surface area contributed by atoms with E-state index in [9.17, 15) is 14.9 Å². The van der Waals surface area contributed by atoms with E-state index in [2.05, 4.69) is 0 Å². The summed E-state index contributed by atoms with van der Waals surface area (Å²) in [4.78, 5) is 22.3. The zero-order valence-electron chi connectivity index (χ0n) is 10.5. The first-order valence-corrected chi connectivity index (χ1v) is 6.92. The van der Waals surface area contributed by atoms with Crippen LogP contribution in [-0.4, -0.2) is 10.8 Å². The monoisotopic (exact) mass is 327 g/mol. The van der Waals surface area contributed by atoms with E-state index in [1.807, 2.05) is 5.43 Å². The fourth-order valence-corrected chi connectivity index (χ4v) is 2.60. The number of carbonyl (C=O) groups excluding carboxylic acids is 1. The Labute approximate surface area is 128 Å². The lowest BCUT2D eigenvalue weighted by Gasteiger charge is -2.07. The van der Waals surface area contributed by atoms with Crippen LogP contribution in [0.5, 0.6) is 5.75 Å². The lowest BCUT2D eigenvalue weighted by atomic mass is 10.2. The summed E-state index contributed by atoms with van der Waals surface area (Å²) in [7, 11) is 0. The average molecular weight is 328 g/mol. The van der Waals surface area contributed by atoms with Gasteiger partial charge in [0.1, 0.15) is 6.61 Å². The minimum Gasteiger partial charge on any atom is -0.482 e. The van der Waals surface area contributed by atoms with E-state index in [-0.39, 0.29) is 18.0 Å². The lowest BCUT2D eigenvalue weighted by Crippen LogP contribution is -2.30. The molecule has 0 unspecified atom stereocenters. The number of halogens is 1. The number of nitro benzene ring substituents is 1. The number of ether oxygens (including phenoxy) is 1. The fourth-order valence-electron chi connectivity index (χ4n) is 1.62. The molecule has 7 nitrogen and oxygen atoms in total. The van der Waals surface area contributed by atoms with Crippen molar-refractivity contribution in [3.05, 3.63) is 55.2 Å². The van der Waals surface area contributed by atoms with Gasteiger partial charge in [-0.25, -0.2) is 5.84 Å². The topological polar surface area (TPSA) is 107 Å². The van der Waals surface area contributed by atoms with E-state index in [0.29, 0.717) is 15.5 Å². The van der Waals surface area contributed by atoms with Crippen molar-refractivity contribution in [2.75, 3.05) is 0 Å². The number of benzene rings is 1. The van der Waals surface area contributed by atoms with Crippen molar-refractivity contribution in [2.45, 2.75) is 6.61 Å².